The molecular weight excluding hydrogens is 286 g/mol. The highest BCUT2D eigenvalue weighted by atomic mass is 32.2. The number of nitrogens with one attached hydrogen (secondary N) is 1. The third-order valence-electron chi connectivity index (χ3n) is 2.98. The lowest BCUT2D eigenvalue weighted by Gasteiger charge is -2.14. The largest absolute Gasteiger partial charge is 0.478 e. The Bertz CT molecular complexity index is 592. The van der Waals surface area contributed by atoms with Crippen LogP contribution in [0.15, 0.2) is 23.1 Å². The molecule has 0 amide bonds. The van der Waals surface area contributed by atoms with Crippen LogP contribution in [0.25, 0.3) is 0 Å². The molecule has 0 radical (unpaired) electrons. The van der Waals surface area contributed by atoms with Crippen molar-refractivity contribution < 1.29 is 18.3 Å². The van der Waals surface area contributed by atoms with Crippen LogP contribution in [0.4, 0.5) is 0 Å². The van der Waals surface area contributed by atoms with E-state index in [9.17, 15) is 13.2 Å². The number of carboxylic acids is 1. The smallest absolute Gasteiger partial charge is 0.335 e. The van der Waals surface area contributed by atoms with Crippen LogP contribution in [0.1, 0.15) is 22.3 Å². The normalized spacial score (nSPS) is 19.5. The van der Waals surface area contributed by atoms with Crippen molar-refractivity contribution in [3.8, 4) is 0 Å². The maximum Gasteiger partial charge on any atom is 0.335 e. The Labute approximate surface area is 116 Å². The Morgan fingerprint density at radius 1 is 1.47 bits per heavy atom. The fourth-order valence-electron chi connectivity index (χ4n) is 1.93. The Morgan fingerprint density at radius 2 is 2.21 bits per heavy atom. The molecule has 1 aliphatic rings. The van der Waals surface area contributed by atoms with Gasteiger partial charge in [-0.25, -0.2) is 17.9 Å². The molecule has 0 spiro atoms. The van der Waals surface area contributed by atoms with Gasteiger partial charge in [-0.2, -0.15) is 11.8 Å². The van der Waals surface area contributed by atoms with Gasteiger partial charge in [0.05, 0.1) is 10.5 Å². The minimum Gasteiger partial charge on any atom is -0.478 e. The van der Waals surface area contributed by atoms with E-state index in [1.165, 1.54) is 18.2 Å². The number of aryl methyl sites for hydroxylation is 1. The molecule has 0 bridgehead atoms. The fraction of sp³-hybridized carbons (Fsp3) is 0.417. The molecule has 104 valence electrons. The van der Waals surface area contributed by atoms with Gasteiger partial charge in [0.25, 0.3) is 0 Å². The van der Waals surface area contributed by atoms with Crippen molar-refractivity contribution in [2.75, 3.05) is 11.5 Å². The zero-order valence-electron chi connectivity index (χ0n) is 10.4. The molecule has 0 aliphatic carbocycles. The zero-order chi connectivity index (χ0) is 14.0. The van der Waals surface area contributed by atoms with E-state index in [0.29, 0.717) is 5.56 Å². The molecule has 2 N–H and O–H groups in total. The molecule has 1 heterocycles. The Hall–Kier alpha value is -1.05. The monoisotopic (exact) mass is 301 g/mol. The van der Waals surface area contributed by atoms with Gasteiger partial charge < -0.3 is 5.11 Å². The van der Waals surface area contributed by atoms with Crippen LogP contribution in [0.2, 0.25) is 0 Å². The van der Waals surface area contributed by atoms with Gasteiger partial charge in [0.2, 0.25) is 10.0 Å². The molecule has 1 aliphatic heterocycles. The quantitative estimate of drug-likeness (QED) is 0.880. The minimum atomic E-state index is -3.66. The molecule has 19 heavy (non-hydrogen) atoms. The van der Waals surface area contributed by atoms with Gasteiger partial charge in [0.15, 0.2) is 0 Å². The summed E-state index contributed by atoms with van der Waals surface area (Å²) in [7, 11) is -3.66. The minimum absolute atomic E-state index is 0.0215. The number of carboxylic acid groups (broad SMARTS) is 1. The predicted molar refractivity (Wildman–Crippen MR) is 74.2 cm³/mol. The first-order valence-corrected chi connectivity index (χ1v) is 8.48. The molecule has 5 nitrogen and oxygen atoms in total. The first kappa shape index (κ1) is 14.4. The average molecular weight is 301 g/mol. The van der Waals surface area contributed by atoms with Gasteiger partial charge in [-0.15, -0.1) is 0 Å². The summed E-state index contributed by atoms with van der Waals surface area (Å²) in [4.78, 5) is 11.0. The van der Waals surface area contributed by atoms with Crippen molar-refractivity contribution in [2.45, 2.75) is 24.3 Å². The molecule has 1 aromatic rings. The zero-order valence-corrected chi connectivity index (χ0v) is 12.1. The molecule has 2 rings (SSSR count). The van der Waals surface area contributed by atoms with E-state index in [1.807, 2.05) is 0 Å². The number of aromatic carboxylic acids is 1. The van der Waals surface area contributed by atoms with Crippen LogP contribution < -0.4 is 4.72 Å². The Kier molecular flexibility index (Phi) is 4.17. The van der Waals surface area contributed by atoms with Gasteiger partial charge in [0.1, 0.15) is 0 Å². The van der Waals surface area contributed by atoms with E-state index in [-0.39, 0.29) is 16.5 Å². The van der Waals surface area contributed by atoms with Crippen LogP contribution in [-0.2, 0) is 10.0 Å². The molecule has 0 aromatic heterocycles. The number of thioether (sulfide) groups is 1. The topological polar surface area (TPSA) is 83.5 Å². The molecule has 1 fully saturated rings. The third-order valence-corrected chi connectivity index (χ3v) is 5.80. The van der Waals surface area contributed by atoms with Gasteiger partial charge in [-0.05, 0) is 36.8 Å². The Morgan fingerprint density at radius 3 is 2.79 bits per heavy atom. The standard InChI is InChI=1S/C12H15NO4S2/c1-8-2-3-9(12(14)15)6-11(8)19(16,17)13-10-4-5-18-7-10/h2-3,6,10,13H,4-5,7H2,1H3,(H,14,15). The lowest BCUT2D eigenvalue weighted by molar-refractivity contribution is 0.0696. The lowest BCUT2D eigenvalue weighted by Crippen LogP contribution is -2.35. The number of hydrogen-bond acceptors (Lipinski definition) is 4. The Balaban J connectivity index is 2.33. The van der Waals surface area contributed by atoms with Gasteiger partial charge >= 0.3 is 5.97 Å². The van der Waals surface area contributed by atoms with E-state index in [2.05, 4.69) is 4.72 Å². The number of benzene rings is 1. The van der Waals surface area contributed by atoms with Crippen LogP contribution in [-0.4, -0.2) is 37.0 Å². The summed E-state index contributed by atoms with van der Waals surface area (Å²) in [5, 5.41) is 8.93. The molecule has 1 atom stereocenters. The van der Waals surface area contributed by atoms with Crippen LogP contribution in [0, 0.1) is 6.92 Å². The van der Waals surface area contributed by atoms with Crippen molar-refractivity contribution in [1.29, 1.82) is 0 Å². The van der Waals surface area contributed by atoms with Crippen LogP contribution in [0.5, 0.6) is 0 Å². The molecule has 1 unspecified atom stereocenters. The fourth-order valence-corrected chi connectivity index (χ4v) is 4.73. The van der Waals surface area contributed by atoms with E-state index < -0.39 is 16.0 Å². The summed E-state index contributed by atoms with van der Waals surface area (Å²) >= 11 is 1.71. The van der Waals surface area contributed by atoms with Crippen molar-refractivity contribution in [1.82, 2.24) is 4.72 Å². The van der Waals surface area contributed by atoms with E-state index in [0.717, 1.165) is 17.9 Å². The van der Waals surface area contributed by atoms with Gasteiger partial charge in [-0.1, -0.05) is 6.07 Å². The molecule has 1 saturated heterocycles. The second kappa shape index (κ2) is 5.52. The number of rotatable bonds is 4. The highest BCUT2D eigenvalue weighted by Gasteiger charge is 2.25. The number of carbonyl (C=O) groups is 1. The van der Waals surface area contributed by atoms with Gasteiger partial charge in [-0.3, -0.25) is 0 Å². The summed E-state index contributed by atoms with van der Waals surface area (Å²) < 4.78 is 27.2. The van der Waals surface area contributed by atoms with Gasteiger partial charge in [0, 0.05) is 11.8 Å². The number of sulfonamides is 1. The average Bonchev–Trinajstić information content (AvgIpc) is 2.81. The maximum absolute atomic E-state index is 12.3. The summed E-state index contributed by atoms with van der Waals surface area (Å²) in [6.45, 7) is 1.66. The second-order valence-electron chi connectivity index (χ2n) is 4.47. The van der Waals surface area contributed by atoms with Crippen LogP contribution >= 0.6 is 11.8 Å². The van der Waals surface area contributed by atoms with E-state index in [1.54, 1.807) is 18.7 Å². The van der Waals surface area contributed by atoms with Crippen molar-refractivity contribution in [2.24, 2.45) is 0 Å². The molecule has 0 saturated carbocycles. The highest BCUT2D eigenvalue weighted by Crippen LogP contribution is 2.22. The highest BCUT2D eigenvalue weighted by molar-refractivity contribution is 7.99. The maximum atomic E-state index is 12.3. The van der Waals surface area contributed by atoms with E-state index in [4.69, 9.17) is 5.11 Å². The predicted octanol–water partition coefficient (Wildman–Crippen LogP) is 1.48. The first-order valence-electron chi connectivity index (χ1n) is 5.84. The van der Waals surface area contributed by atoms with Crippen LogP contribution in [0.3, 0.4) is 0 Å². The second-order valence-corrected chi connectivity index (χ2v) is 7.30. The van der Waals surface area contributed by atoms with Crippen molar-refractivity contribution in [3.63, 3.8) is 0 Å². The summed E-state index contributed by atoms with van der Waals surface area (Å²) in [5.74, 6) is 0.575. The summed E-state index contributed by atoms with van der Waals surface area (Å²) in [6, 6.07) is 4.06. The first-order chi connectivity index (χ1) is 8.90. The van der Waals surface area contributed by atoms with Crippen molar-refractivity contribution in [3.05, 3.63) is 29.3 Å². The number of hydrogen-bond donors (Lipinski definition) is 2. The molecular formula is C12H15NO4S2. The summed E-state index contributed by atoms with van der Waals surface area (Å²) in [5.41, 5.74) is 0.523. The SMILES string of the molecule is Cc1ccc(C(=O)O)cc1S(=O)(=O)NC1CCSC1. The third kappa shape index (κ3) is 3.29. The van der Waals surface area contributed by atoms with Crippen molar-refractivity contribution >= 4 is 27.8 Å². The molecule has 1 aromatic carbocycles. The lowest BCUT2D eigenvalue weighted by atomic mass is 10.1. The van der Waals surface area contributed by atoms with E-state index >= 15 is 0 Å². The summed E-state index contributed by atoms with van der Waals surface area (Å²) in [6.07, 6.45) is 0.807. The molecule has 7 heteroatoms.